The van der Waals surface area contributed by atoms with E-state index < -0.39 is 5.41 Å². The third-order valence-electron chi connectivity index (χ3n) is 3.69. The molecule has 0 radical (unpaired) electrons. The molecular formula is C17H34N2O4. The third kappa shape index (κ3) is 11.1. The number of carbonyl (C=O) groups excluding carboxylic acids is 2. The first-order valence-corrected chi connectivity index (χ1v) is 8.49. The molecule has 1 unspecified atom stereocenters. The Balaban J connectivity index is 3.85. The van der Waals surface area contributed by atoms with Crippen molar-refractivity contribution in [3.63, 3.8) is 0 Å². The fraction of sp³-hybridized carbons (Fsp3) is 0.882. The van der Waals surface area contributed by atoms with E-state index >= 15 is 0 Å². The van der Waals surface area contributed by atoms with Gasteiger partial charge in [0, 0.05) is 38.6 Å². The topological polar surface area (TPSA) is 76.7 Å². The van der Waals surface area contributed by atoms with Crippen molar-refractivity contribution in [1.82, 2.24) is 10.6 Å². The van der Waals surface area contributed by atoms with E-state index in [1.807, 2.05) is 27.7 Å². The zero-order chi connectivity index (χ0) is 17.7. The van der Waals surface area contributed by atoms with Gasteiger partial charge in [-0.2, -0.15) is 0 Å². The first-order valence-electron chi connectivity index (χ1n) is 8.49. The largest absolute Gasteiger partial charge is 0.383 e. The number of rotatable bonds is 13. The number of carbonyl (C=O) groups is 2. The van der Waals surface area contributed by atoms with Crippen molar-refractivity contribution in [3.05, 3.63) is 0 Å². The van der Waals surface area contributed by atoms with E-state index in [0.717, 1.165) is 12.8 Å². The van der Waals surface area contributed by atoms with Gasteiger partial charge in [-0.15, -0.1) is 0 Å². The summed E-state index contributed by atoms with van der Waals surface area (Å²) in [6.07, 6.45) is 2.92. The number of nitrogens with one attached hydrogen (secondary N) is 2. The molecule has 0 saturated carbocycles. The van der Waals surface area contributed by atoms with Crippen LogP contribution in [0.15, 0.2) is 0 Å². The zero-order valence-electron chi connectivity index (χ0n) is 15.4. The van der Waals surface area contributed by atoms with Gasteiger partial charge in [0.2, 0.25) is 11.8 Å². The molecule has 1 atom stereocenters. The molecule has 2 amide bonds. The van der Waals surface area contributed by atoms with E-state index in [9.17, 15) is 9.59 Å². The van der Waals surface area contributed by atoms with Crippen molar-refractivity contribution in [3.8, 4) is 0 Å². The Kier molecular flexibility index (Phi) is 11.7. The van der Waals surface area contributed by atoms with Gasteiger partial charge in [-0.05, 0) is 26.2 Å². The first-order chi connectivity index (χ1) is 10.8. The maximum atomic E-state index is 12.1. The van der Waals surface area contributed by atoms with Crippen LogP contribution in [-0.4, -0.2) is 51.3 Å². The van der Waals surface area contributed by atoms with Gasteiger partial charge in [-0.3, -0.25) is 9.59 Å². The fourth-order valence-corrected chi connectivity index (χ4v) is 1.95. The molecule has 0 aromatic carbocycles. The summed E-state index contributed by atoms with van der Waals surface area (Å²) in [6, 6.07) is 0. The lowest BCUT2D eigenvalue weighted by atomic mass is 9.88. The summed E-state index contributed by atoms with van der Waals surface area (Å²) < 4.78 is 10.7. The van der Waals surface area contributed by atoms with E-state index in [2.05, 4.69) is 10.6 Å². The molecule has 6 nitrogen and oxygen atoms in total. The molecule has 0 aromatic heterocycles. The highest BCUT2D eigenvalue weighted by Gasteiger charge is 2.27. The van der Waals surface area contributed by atoms with Crippen LogP contribution in [0.4, 0.5) is 0 Å². The number of methoxy groups -OCH3 is 1. The molecule has 0 aromatic rings. The van der Waals surface area contributed by atoms with Crippen molar-refractivity contribution in [2.45, 2.75) is 59.5 Å². The van der Waals surface area contributed by atoms with Crippen molar-refractivity contribution >= 4 is 11.8 Å². The molecule has 0 bridgehead atoms. The SMILES string of the molecule is CCCC(=O)NCCC(C)OCCC(C)(C)C(=O)NCCOC. The minimum Gasteiger partial charge on any atom is -0.383 e. The van der Waals surface area contributed by atoms with Gasteiger partial charge in [0.1, 0.15) is 0 Å². The molecule has 0 saturated heterocycles. The van der Waals surface area contributed by atoms with E-state index in [4.69, 9.17) is 9.47 Å². The lowest BCUT2D eigenvalue weighted by Gasteiger charge is -2.24. The van der Waals surface area contributed by atoms with Gasteiger partial charge >= 0.3 is 0 Å². The maximum Gasteiger partial charge on any atom is 0.225 e. The van der Waals surface area contributed by atoms with Gasteiger partial charge in [0.15, 0.2) is 0 Å². The second-order valence-electron chi connectivity index (χ2n) is 6.45. The average molecular weight is 330 g/mol. The van der Waals surface area contributed by atoms with Crippen molar-refractivity contribution in [2.75, 3.05) is 33.4 Å². The highest BCUT2D eigenvalue weighted by Crippen LogP contribution is 2.20. The minimum atomic E-state index is -0.469. The Bertz CT molecular complexity index is 345. The Morgan fingerprint density at radius 2 is 1.83 bits per heavy atom. The molecule has 0 rings (SSSR count). The minimum absolute atomic E-state index is 0.0117. The second-order valence-corrected chi connectivity index (χ2v) is 6.45. The fourth-order valence-electron chi connectivity index (χ4n) is 1.95. The summed E-state index contributed by atoms with van der Waals surface area (Å²) in [5, 5.41) is 5.73. The second kappa shape index (κ2) is 12.3. The van der Waals surface area contributed by atoms with Crippen molar-refractivity contribution in [2.24, 2.45) is 5.41 Å². The Morgan fingerprint density at radius 1 is 1.13 bits per heavy atom. The Hall–Kier alpha value is -1.14. The van der Waals surface area contributed by atoms with Gasteiger partial charge in [0.25, 0.3) is 0 Å². The standard InChI is InChI=1S/C17H34N2O4/c1-6-7-15(20)18-10-8-14(2)23-12-9-17(3,4)16(21)19-11-13-22-5/h14H,6-13H2,1-5H3,(H,18,20)(H,19,21). The lowest BCUT2D eigenvalue weighted by molar-refractivity contribution is -0.131. The van der Waals surface area contributed by atoms with Crippen LogP contribution >= 0.6 is 0 Å². The van der Waals surface area contributed by atoms with E-state index in [-0.39, 0.29) is 17.9 Å². The van der Waals surface area contributed by atoms with Crippen molar-refractivity contribution < 1.29 is 19.1 Å². The number of ether oxygens (including phenoxy) is 2. The number of hydrogen-bond donors (Lipinski definition) is 2. The molecule has 0 aliphatic carbocycles. The van der Waals surface area contributed by atoms with Gasteiger partial charge < -0.3 is 20.1 Å². The molecule has 136 valence electrons. The normalized spacial score (nSPS) is 12.7. The average Bonchev–Trinajstić information content (AvgIpc) is 2.47. The van der Waals surface area contributed by atoms with Gasteiger partial charge in [0.05, 0.1) is 12.7 Å². The summed E-state index contributed by atoms with van der Waals surface area (Å²) in [7, 11) is 1.61. The summed E-state index contributed by atoms with van der Waals surface area (Å²) in [5.74, 6) is 0.103. The molecule has 0 spiro atoms. The van der Waals surface area contributed by atoms with Crippen molar-refractivity contribution in [1.29, 1.82) is 0 Å². The molecule has 0 fully saturated rings. The monoisotopic (exact) mass is 330 g/mol. The number of hydrogen-bond acceptors (Lipinski definition) is 4. The smallest absolute Gasteiger partial charge is 0.225 e. The van der Waals surface area contributed by atoms with Gasteiger partial charge in [-0.25, -0.2) is 0 Å². The summed E-state index contributed by atoms with van der Waals surface area (Å²) >= 11 is 0. The molecule has 0 aliphatic rings. The zero-order valence-corrected chi connectivity index (χ0v) is 15.4. The van der Waals surface area contributed by atoms with Crippen LogP contribution in [0.5, 0.6) is 0 Å². The molecule has 23 heavy (non-hydrogen) atoms. The molecule has 0 heterocycles. The summed E-state index contributed by atoms with van der Waals surface area (Å²) in [4.78, 5) is 23.4. The quantitative estimate of drug-likeness (QED) is 0.506. The maximum absolute atomic E-state index is 12.1. The van der Waals surface area contributed by atoms with E-state index in [1.54, 1.807) is 7.11 Å². The summed E-state index contributed by atoms with van der Waals surface area (Å²) in [6.45, 7) is 9.97. The molecular weight excluding hydrogens is 296 g/mol. The van der Waals surface area contributed by atoms with Crippen LogP contribution in [0.1, 0.15) is 53.4 Å². The van der Waals surface area contributed by atoms with Crippen LogP contribution in [-0.2, 0) is 19.1 Å². The predicted molar refractivity (Wildman–Crippen MR) is 91.2 cm³/mol. The third-order valence-corrected chi connectivity index (χ3v) is 3.69. The van der Waals surface area contributed by atoms with Crippen LogP contribution in [0.25, 0.3) is 0 Å². The van der Waals surface area contributed by atoms with Crippen LogP contribution in [0, 0.1) is 5.41 Å². The summed E-state index contributed by atoms with van der Waals surface area (Å²) in [5.41, 5.74) is -0.469. The highest BCUT2D eigenvalue weighted by molar-refractivity contribution is 5.81. The van der Waals surface area contributed by atoms with Crippen LogP contribution in [0.2, 0.25) is 0 Å². The van der Waals surface area contributed by atoms with Crippen LogP contribution in [0.3, 0.4) is 0 Å². The Morgan fingerprint density at radius 3 is 2.43 bits per heavy atom. The first kappa shape index (κ1) is 21.9. The number of amides is 2. The molecule has 6 heteroatoms. The molecule has 0 aliphatic heterocycles. The highest BCUT2D eigenvalue weighted by atomic mass is 16.5. The van der Waals surface area contributed by atoms with E-state index in [0.29, 0.717) is 39.1 Å². The van der Waals surface area contributed by atoms with Gasteiger partial charge in [-0.1, -0.05) is 20.8 Å². The van der Waals surface area contributed by atoms with Crippen LogP contribution < -0.4 is 10.6 Å². The lowest BCUT2D eigenvalue weighted by Crippen LogP contribution is -2.39. The van der Waals surface area contributed by atoms with E-state index in [1.165, 1.54) is 0 Å². The molecule has 2 N–H and O–H groups in total. The predicted octanol–water partition coefficient (Wildman–Crippen LogP) is 1.88. The Labute approximate surface area is 140 Å².